The summed E-state index contributed by atoms with van der Waals surface area (Å²) in [6.07, 6.45) is 4.24. The number of hydrogen-bond donors (Lipinski definition) is 1. The largest absolute Gasteiger partial charge is 0.347 e. The van der Waals surface area contributed by atoms with Gasteiger partial charge in [0.1, 0.15) is 6.10 Å². The highest BCUT2D eigenvalue weighted by molar-refractivity contribution is 5.14. The number of hydrogen-bond acceptors (Lipinski definition) is 4. The summed E-state index contributed by atoms with van der Waals surface area (Å²) in [7, 11) is 0. The van der Waals surface area contributed by atoms with Crippen LogP contribution in [0.15, 0.2) is 24.5 Å². The topological polar surface area (TPSA) is 57.4 Å². The van der Waals surface area contributed by atoms with Crippen molar-refractivity contribution < 1.29 is 9.47 Å². The van der Waals surface area contributed by atoms with Gasteiger partial charge in [0.15, 0.2) is 5.79 Å². The first-order valence-corrected chi connectivity index (χ1v) is 5.15. The first-order chi connectivity index (χ1) is 7.23. The smallest absolute Gasteiger partial charge is 0.167 e. The van der Waals surface area contributed by atoms with Gasteiger partial charge < -0.3 is 15.2 Å². The number of nitrogens with two attached hydrogens (primary N) is 1. The lowest BCUT2D eigenvalue weighted by atomic mass is 10.1. The Hall–Kier alpha value is -0.970. The standard InChI is InChI=1S/C11H16N2O2/c1-11(4-5-12)14-8-10(15-11)9-2-6-13-7-3-9/h2-3,6-7,10H,4-5,8,12H2,1H3. The second kappa shape index (κ2) is 4.26. The van der Waals surface area contributed by atoms with Gasteiger partial charge in [0.05, 0.1) is 6.61 Å². The van der Waals surface area contributed by atoms with Crippen LogP contribution in [0.3, 0.4) is 0 Å². The van der Waals surface area contributed by atoms with E-state index in [4.69, 9.17) is 15.2 Å². The average molecular weight is 208 g/mol. The van der Waals surface area contributed by atoms with Crippen molar-refractivity contribution in [3.8, 4) is 0 Å². The molecule has 4 nitrogen and oxygen atoms in total. The van der Waals surface area contributed by atoms with E-state index in [0.29, 0.717) is 19.6 Å². The summed E-state index contributed by atoms with van der Waals surface area (Å²) >= 11 is 0. The second-order valence-corrected chi connectivity index (χ2v) is 3.87. The highest BCUT2D eigenvalue weighted by Crippen LogP contribution is 2.34. The number of nitrogens with zero attached hydrogens (tertiary/aromatic N) is 1. The van der Waals surface area contributed by atoms with Crippen LogP contribution >= 0.6 is 0 Å². The minimum Gasteiger partial charge on any atom is -0.347 e. The van der Waals surface area contributed by atoms with Gasteiger partial charge in [-0.3, -0.25) is 4.98 Å². The molecule has 0 aromatic carbocycles. The van der Waals surface area contributed by atoms with Crippen molar-refractivity contribution in [3.63, 3.8) is 0 Å². The second-order valence-electron chi connectivity index (χ2n) is 3.87. The minimum absolute atomic E-state index is 0.00421. The summed E-state index contributed by atoms with van der Waals surface area (Å²) in [6, 6.07) is 3.89. The molecular weight excluding hydrogens is 192 g/mol. The number of pyridine rings is 1. The molecule has 2 N–H and O–H groups in total. The molecule has 0 spiro atoms. The molecular formula is C11H16N2O2. The van der Waals surface area contributed by atoms with Gasteiger partial charge in [-0.15, -0.1) is 0 Å². The average Bonchev–Trinajstić information content (AvgIpc) is 2.63. The molecule has 2 atom stereocenters. The van der Waals surface area contributed by atoms with Gasteiger partial charge in [-0.25, -0.2) is 0 Å². The zero-order valence-electron chi connectivity index (χ0n) is 8.85. The van der Waals surface area contributed by atoms with E-state index >= 15 is 0 Å². The fourth-order valence-electron chi connectivity index (χ4n) is 1.76. The van der Waals surface area contributed by atoms with Crippen LogP contribution < -0.4 is 5.73 Å². The Morgan fingerprint density at radius 1 is 1.53 bits per heavy atom. The van der Waals surface area contributed by atoms with Gasteiger partial charge in [-0.05, 0) is 31.2 Å². The molecule has 2 heterocycles. The molecule has 15 heavy (non-hydrogen) atoms. The molecule has 82 valence electrons. The van der Waals surface area contributed by atoms with Gasteiger partial charge in [-0.2, -0.15) is 0 Å². The summed E-state index contributed by atoms with van der Waals surface area (Å²) in [4.78, 5) is 3.97. The van der Waals surface area contributed by atoms with Crippen LogP contribution in [0, 0.1) is 0 Å². The molecule has 2 unspecified atom stereocenters. The summed E-state index contributed by atoms with van der Waals surface area (Å²) in [6.45, 7) is 3.08. The van der Waals surface area contributed by atoms with E-state index in [0.717, 1.165) is 5.56 Å². The van der Waals surface area contributed by atoms with Crippen LogP contribution in [-0.4, -0.2) is 23.9 Å². The Balaban J connectivity index is 2.04. The van der Waals surface area contributed by atoms with Crippen LogP contribution in [-0.2, 0) is 9.47 Å². The van der Waals surface area contributed by atoms with Crippen molar-refractivity contribution in [2.45, 2.75) is 25.2 Å². The maximum absolute atomic E-state index is 5.85. The molecule has 0 bridgehead atoms. The van der Waals surface area contributed by atoms with Gasteiger partial charge >= 0.3 is 0 Å². The van der Waals surface area contributed by atoms with Crippen LogP contribution in [0.25, 0.3) is 0 Å². The molecule has 1 aromatic rings. The van der Waals surface area contributed by atoms with Gasteiger partial charge in [-0.1, -0.05) is 0 Å². The van der Waals surface area contributed by atoms with Gasteiger partial charge in [0, 0.05) is 18.8 Å². The predicted molar refractivity (Wildman–Crippen MR) is 56.1 cm³/mol. The van der Waals surface area contributed by atoms with E-state index in [-0.39, 0.29) is 6.10 Å². The van der Waals surface area contributed by atoms with Crippen LogP contribution in [0.2, 0.25) is 0 Å². The molecule has 0 radical (unpaired) electrons. The Morgan fingerprint density at radius 2 is 2.27 bits per heavy atom. The number of rotatable bonds is 3. The van der Waals surface area contributed by atoms with E-state index < -0.39 is 5.79 Å². The lowest BCUT2D eigenvalue weighted by molar-refractivity contribution is -0.157. The molecule has 1 fully saturated rings. The predicted octanol–water partition coefficient (Wildman–Crippen LogP) is 1.23. The Bertz CT molecular complexity index is 318. The molecule has 1 aliphatic rings. The van der Waals surface area contributed by atoms with Crippen molar-refractivity contribution in [2.24, 2.45) is 5.73 Å². The van der Waals surface area contributed by atoms with Crippen molar-refractivity contribution in [1.29, 1.82) is 0 Å². The van der Waals surface area contributed by atoms with Crippen molar-refractivity contribution in [2.75, 3.05) is 13.2 Å². The van der Waals surface area contributed by atoms with Crippen LogP contribution in [0.5, 0.6) is 0 Å². The summed E-state index contributed by atoms with van der Waals surface area (Å²) in [5, 5.41) is 0. The minimum atomic E-state index is -0.525. The SMILES string of the molecule is CC1(CCN)OCC(c2ccncc2)O1. The lowest BCUT2D eigenvalue weighted by Gasteiger charge is -2.22. The van der Waals surface area contributed by atoms with E-state index in [2.05, 4.69) is 4.98 Å². The van der Waals surface area contributed by atoms with E-state index in [9.17, 15) is 0 Å². The highest BCUT2D eigenvalue weighted by Gasteiger charge is 2.36. The summed E-state index contributed by atoms with van der Waals surface area (Å²) in [5.74, 6) is -0.525. The quantitative estimate of drug-likeness (QED) is 0.811. The van der Waals surface area contributed by atoms with Crippen molar-refractivity contribution in [3.05, 3.63) is 30.1 Å². The maximum atomic E-state index is 5.85. The molecule has 4 heteroatoms. The van der Waals surface area contributed by atoms with E-state index in [1.54, 1.807) is 12.4 Å². The third kappa shape index (κ3) is 2.34. The molecule has 1 saturated heterocycles. The number of ether oxygens (including phenoxy) is 2. The third-order valence-corrected chi connectivity index (χ3v) is 2.61. The first kappa shape index (κ1) is 10.5. The summed E-state index contributed by atoms with van der Waals surface area (Å²) < 4.78 is 11.5. The zero-order chi connectivity index (χ0) is 10.7. The normalized spacial score (nSPS) is 30.7. The van der Waals surface area contributed by atoms with Crippen LogP contribution in [0.1, 0.15) is 25.0 Å². The molecule has 1 aromatic heterocycles. The Morgan fingerprint density at radius 3 is 2.93 bits per heavy atom. The molecule has 2 rings (SSSR count). The highest BCUT2D eigenvalue weighted by atomic mass is 16.7. The Kier molecular flexibility index (Phi) is 3.00. The Labute approximate surface area is 89.4 Å². The zero-order valence-corrected chi connectivity index (χ0v) is 8.85. The summed E-state index contributed by atoms with van der Waals surface area (Å²) in [5.41, 5.74) is 6.61. The van der Waals surface area contributed by atoms with E-state index in [1.807, 2.05) is 19.1 Å². The molecule has 1 aliphatic heterocycles. The molecule has 0 amide bonds. The monoisotopic (exact) mass is 208 g/mol. The first-order valence-electron chi connectivity index (χ1n) is 5.15. The van der Waals surface area contributed by atoms with Crippen molar-refractivity contribution in [1.82, 2.24) is 4.98 Å². The lowest BCUT2D eigenvalue weighted by Crippen LogP contribution is -2.28. The van der Waals surface area contributed by atoms with Crippen molar-refractivity contribution >= 4 is 0 Å². The third-order valence-electron chi connectivity index (χ3n) is 2.61. The molecule has 0 aliphatic carbocycles. The van der Waals surface area contributed by atoms with Crippen LogP contribution in [0.4, 0.5) is 0 Å². The van der Waals surface area contributed by atoms with Gasteiger partial charge in [0.2, 0.25) is 0 Å². The maximum Gasteiger partial charge on any atom is 0.167 e. The van der Waals surface area contributed by atoms with Gasteiger partial charge in [0.25, 0.3) is 0 Å². The fourth-order valence-corrected chi connectivity index (χ4v) is 1.76. The fraction of sp³-hybridized carbons (Fsp3) is 0.545. The molecule has 0 saturated carbocycles. The van der Waals surface area contributed by atoms with E-state index in [1.165, 1.54) is 0 Å². The number of aromatic nitrogens is 1.